The van der Waals surface area contributed by atoms with Gasteiger partial charge in [0.25, 0.3) is 0 Å². The molecule has 1 aliphatic heterocycles. The lowest BCUT2D eigenvalue weighted by Crippen LogP contribution is -2.47. The van der Waals surface area contributed by atoms with E-state index in [1.165, 1.54) is 16.7 Å². The standard InChI is InChI=1S/C11H20N2O5S/c1-17-5-6-18-4-2-3-12-11(16)13-8-19-7-9(13)10(14)15/h9H,2-8H2,1H3,(H,12,16)(H,14,15). The van der Waals surface area contributed by atoms with E-state index in [0.29, 0.717) is 44.4 Å². The van der Waals surface area contributed by atoms with E-state index in [2.05, 4.69) is 5.32 Å². The number of urea groups is 1. The van der Waals surface area contributed by atoms with Crippen molar-refractivity contribution in [3.63, 3.8) is 0 Å². The molecule has 8 heteroatoms. The first-order valence-electron chi connectivity index (χ1n) is 6.08. The molecule has 1 atom stereocenters. The van der Waals surface area contributed by atoms with E-state index in [0.717, 1.165) is 0 Å². The normalized spacial score (nSPS) is 18.6. The molecule has 1 aliphatic rings. The van der Waals surface area contributed by atoms with Gasteiger partial charge in [0.05, 0.1) is 19.1 Å². The zero-order chi connectivity index (χ0) is 14.1. The quantitative estimate of drug-likeness (QED) is 0.622. The Morgan fingerprint density at radius 3 is 2.89 bits per heavy atom. The van der Waals surface area contributed by atoms with Gasteiger partial charge in [-0.25, -0.2) is 9.59 Å². The third-order valence-electron chi connectivity index (χ3n) is 2.60. The predicted molar refractivity (Wildman–Crippen MR) is 71.3 cm³/mol. The number of rotatable bonds is 8. The van der Waals surface area contributed by atoms with Gasteiger partial charge in [-0.2, -0.15) is 0 Å². The second-order valence-corrected chi connectivity index (χ2v) is 5.01. The average Bonchev–Trinajstić information content (AvgIpc) is 2.87. The van der Waals surface area contributed by atoms with E-state index in [1.807, 2.05) is 0 Å². The van der Waals surface area contributed by atoms with Crippen molar-refractivity contribution in [3.8, 4) is 0 Å². The molecule has 7 nitrogen and oxygen atoms in total. The summed E-state index contributed by atoms with van der Waals surface area (Å²) in [4.78, 5) is 24.0. The molecule has 19 heavy (non-hydrogen) atoms. The van der Waals surface area contributed by atoms with Crippen molar-refractivity contribution in [2.75, 3.05) is 45.1 Å². The minimum Gasteiger partial charge on any atom is -0.480 e. The number of carbonyl (C=O) groups excluding carboxylic acids is 1. The molecular formula is C11H20N2O5S. The lowest BCUT2D eigenvalue weighted by molar-refractivity contribution is -0.140. The number of methoxy groups -OCH3 is 1. The molecule has 0 aromatic rings. The molecule has 1 heterocycles. The maximum atomic E-state index is 11.8. The first-order valence-corrected chi connectivity index (χ1v) is 7.24. The molecule has 0 saturated carbocycles. The third-order valence-corrected chi connectivity index (χ3v) is 3.61. The Morgan fingerprint density at radius 2 is 2.21 bits per heavy atom. The smallest absolute Gasteiger partial charge is 0.327 e. The zero-order valence-corrected chi connectivity index (χ0v) is 11.8. The number of carboxylic acids is 1. The number of hydrogen-bond donors (Lipinski definition) is 2. The van der Waals surface area contributed by atoms with Gasteiger partial charge in [0.1, 0.15) is 6.04 Å². The van der Waals surface area contributed by atoms with Crippen LogP contribution in [0.25, 0.3) is 0 Å². The molecule has 1 rings (SSSR count). The van der Waals surface area contributed by atoms with Crippen LogP contribution in [0.5, 0.6) is 0 Å². The van der Waals surface area contributed by atoms with Gasteiger partial charge >= 0.3 is 12.0 Å². The van der Waals surface area contributed by atoms with Crippen LogP contribution in [0, 0.1) is 0 Å². The van der Waals surface area contributed by atoms with Gasteiger partial charge in [-0.05, 0) is 6.42 Å². The first-order chi connectivity index (χ1) is 9.16. The maximum Gasteiger partial charge on any atom is 0.327 e. The molecule has 110 valence electrons. The molecule has 0 aromatic heterocycles. The molecule has 2 amide bonds. The summed E-state index contributed by atoms with van der Waals surface area (Å²) in [5, 5.41) is 11.7. The van der Waals surface area contributed by atoms with Gasteiger partial charge in [0.2, 0.25) is 0 Å². The Bertz CT molecular complexity index is 303. The molecule has 0 radical (unpaired) electrons. The lowest BCUT2D eigenvalue weighted by atomic mass is 10.3. The van der Waals surface area contributed by atoms with E-state index in [1.54, 1.807) is 7.11 Å². The van der Waals surface area contributed by atoms with E-state index in [9.17, 15) is 9.59 Å². The number of carbonyl (C=O) groups is 2. The maximum absolute atomic E-state index is 11.8. The first kappa shape index (κ1) is 16.1. The van der Waals surface area contributed by atoms with Crippen molar-refractivity contribution >= 4 is 23.8 Å². The zero-order valence-electron chi connectivity index (χ0n) is 11.0. The van der Waals surface area contributed by atoms with Crippen LogP contribution in [0.15, 0.2) is 0 Å². The van der Waals surface area contributed by atoms with Gasteiger partial charge in [-0.15, -0.1) is 11.8 Å². The third kappa shape index (κ3) is 5.66. The van der Waals surface area contributed by atoms with Crippen molar-refractivity contribution in [1.82, 2.24) is 10.2 Å². The number of hydrogen-bond acceptors (Lipinski definition) is 5. The number of ether oxygens (including phenoxy) is 2. The fraction of sp³-hybridized carbons (Fsp3) is 0.818. The topological polar surface area (TPSA) is 88.1 Å². The van der Waals surface area contributed by atoms with Crippen LogP contribution in [0.4, 0.5) is 4.79 Å². The summed E-state index contributed by atoms with van der Waals surface area (Å²) >= 11 is 1.45. The van der Waals surface area contributed by atoms with Crippen LogP contribution >= 0.6 is 11.8 Å². The Hall–Kier alpha value is -0.990. The van der Waals surface area contributed by atoms with Crippen LogP contribution in [0.3, 0.4) is 0 Å². The molecule has 0 spiro atoms. The number of thioether (sulfide) groups is 1. The highest BCUT2D eigenvalue weighted by atomic mass is 32.2. The van der Waals surface area contributed by atoms with Crippen molar-refractivity contribution in [3.05, 3.63) is 0 Å². The Labute approximate surface area is 116 Å². The highest BCUT2D eigenvalue weighted by Crippen LogP contribution is 2.20. The largest absolute Gasteiger partial charge is 0.480 e. The van der Waals surface area contributed by atoms with Crippen LogP contribution in [0.2, 0.25) is 0 Å². The monoisotopic (exact) mass is 292 g/mol. The fourth-order valence-corrected chi connectivity index (χ4v) is 2.71. The second kappa shape index (κ2) is 9.00. The summed E-state index contributed by atoms with van der Waals surface area (Å²) in [6, 6.07) is -1.04. The summed E-state index contributed by atoms with van der Waals surface area (Å²) in [5.41, 5.74) is 0. The SMILES string of the molecule is COCCOCCCNC(=O)N1CSCC1C(=O)O. The average molecular weight is 292 g/mol. The highest BCUT2D eigenvalue weighted by Gasteiger charge is 2.34. The van der Waals surface area contributed by atoms with E-state index < -0.39 is 12.0 Å². The minimum absolute atomic E-state index is 0.325. The number of aliphatic carboxylic acids is 1. The molecule has 2 N–H and O–H groups in total. The molecule has 1 fully saturated rings. The van der Waals surface area contributed by atoms with Crippen LogP contribution in [0.1, 0.15) is 6.42 Å². The molecule has 0 aliphatic carbocycles. The molecular weight excluding hydrogens is 272 g/mol. The van der Waals surface area contributed by atoms with Gasteiger partial charge < -0.3 is 24.8 Å². The van der Waals surface area contributed by atoms with Crippen molar-refractivity contribution in [1.29, 1.82) is 0 Å². The summed E-state index contributed by atoms with van der Waals surface area (Å²) in [7, 11) is 1.61. The number of nitrogens with one attached hydrogen (secondary N) is 1. The number of amides is 2. The summed E-state index contributed by atoms with van der Waals surface area (Å²) in [6.07, 6.45) is 0.689. The fourth-order valence-electron chi connectivity index (χ4n) is 1.56. The van der Waals surface area contributed by atoms with Gasteiger partial charge in [-0.1, -0.05) is 0 Å². The van der Waals surface area contributed by atoms with Crippen LogP contribution in [-0.4, -0.2) is 73.2 Å². The van der Waals surface area contributed by atoms with Crippen LogP contribution in [-0.2, 0) is 14.3 Å². The van der Waals surface area contributed by atoms with Gasteiger partial charge in [0, 0.05) is 26.0 Å². The van der Waals surface area contributed by atoms with E-state index in [4.69, 9.17) is 14.6 Å². The van der Waals surface area contributed by atoms with E-state index >= 15 is 0 Å². The molecule has 0 bridgehead atoms. The number of nitrogens with zero attached hydrogens (tertiary/aromatic N) is 1. The Balaban J connectivity index is 2.12. The Kier molecular flexibility index (Phi) is 7.61. The lowest BCUT2D eigenvalue weighted by Gasteiger charge is -2.20. The number of carboxylic acid groups (broad SMARTS) is 1. The van der Waals surface area contributed by atoms with Crippen molar-refractivity contribution in [2.24, 2.45) is 0 Å². The molecule has 0 aromatic carbocycles. The minimum atomic E-state index is -0.956. The predicted octanol–water partition coefficient (Wildman–Crippen LogP) is 0.209. The van der Waals surface area contributed by atoms with Crippen molar-refractivity contribution in [2.45, 2.75) is 12.5 Å². The van der Waals surface area contributed by atoms with E-state index in [-0.39, 0.29) is 6.03 Å². The molecule has 1 saturated heterocycles. The second-order valence-electron chi connectivity index (χ2n) is 4.01. The highest BCUT2D eigenvalue weighted by molar-refractivity contribution is 7.99. The van der Waals surface area contributed by atoms with Crippen molar-refractivity contribution < 1.29 is 24.2 Å². The summed E-state index contributed by atoms with van der Waals surface area (Å²) in [5.74, 6) is -0.0845. The summed E-state index contributed by atoms with van der Waals surface area (Å²) < 4.78 is 10.1. The van der Waals surface area contributed by atoms with Gasteiger partial charge in [-0.3, -0.25) is 0 Å². The molecule has 1 unspecified atom stereocenters. The summed E-state index contributed by atoms with van der Waals surface area (Å²) in [6.45, 7) is 2.10. The van der Waals surface area contributed by atoms with Gasteiger partial charge in [0.15, 0.2) is 0 Å². The van der Waals surface area contributed by atoms with Crippen LogP contribution < -0.4 is 5.32 Å². The Morgan fingerprint density at radius 1 is 1.42 bits per heavy atom.